The van der Waals surface area contributed by atoms with Gasteiger partial charge in [0.1, 0.15) is 5.82 Å². The fraction of sp³-hybridized carbons (Fsp3) is 0.167. The van der Waals surface area contributed by atoms with E-state index in [0.717, 1.165) is 11.8 Å². The van der Waals surface area contributed by atoms with Crippen molar-refractivity contribution in [3.63, 3.8) is 0 Å². The Labute approximate surface area is 163 Å². The summed E-state index contributed by atoms with van der Waals surface area (Å²) in [7, 11) is 0. The van der Waals surface area contributed by atoms with Crippen molar-refractivity contribution in [1.29, 1.82) is 0 Å². The molecule has 3 aromatic rings. The highest BCUT2D eigenvalue weighted by Gasteiger charge is 2.14. The van der Waals surface area contributed by atoms with Gasteiger partial charge >= 0.3 is 0 Å². The topological polar surface area (TPSA) is 111 Å². The summed E-state index contributed by atoms with van der Waals surface area (Å²) in [6.45, 7) is 0.309. The molecule has 0 bridgehead atoms. The van der Waals surface area contributed by atoms with Gasteiger partial charge in [-0.3, -0.25) is 14.9 Å². The molecular weight excluding hydrogens is 387 g/mol. The number of thioether (sulfide) groups is 1. The van der Waals surface area contributed by atoms with E-state index in [0.29, 0.717) is 24.1 Å². The number of nitrogens with zero attached hydrogens (tertiary/aromatic N) is 3. The van der Waals surface area contributed by atoms with Crippen LogP contribution in [0.2, 0.25) is 0 Å². The Balaban J connectivity index is 1.49. The minimum absolute atomic E-state index is 0.0494. The monoisotopic (exact) mass is 402 g/mol. The van der Waals surface area contributed by atoms with Gasteiger partial charge in [-0.2, -0.15) is 0 Å². The van der Waals surface area contributed by atoms with Crippen LogP contribution in [0.25, 0.3) is 11.5 Å². The molecule has 0 aliphatic rings. The smallest absolute Gasteiger partial charge is 0.277 e. The maximum atomic E-state index is 13.5. The van der Waals surface area contributed by atoms with Crippen molar-refractivity contribution in [2.24, 2.45) is 0 Å². The third-order valence-corrected chi connectivity index (χ3v) is 4.53. The molecule has 2 aromatic carbocycles. The first-order valence-corrected chi connectivity index (χ1v) is 9.23. The molecule has 0 unspecified atom stereocenters. The third-order valence-electron chi connectivity index (χ3n) is 3.71. The summed E-state index contributed by atoms with van der Waals surface area (Å²) in [6.07, 6.45) is 0.389. The number of hydrogen-bond acceptors (Lipinski definition) is 7. The standard InChI is InChI=1S/C18H15FN4O4S/c19-15-7-2-1-4-12(15)8-9-20-16(24)11-28-18-22-21-17(27-18)13-5-3-6-14(10-13)23(25)26/h1-7,10H,8-9,11H2,(H,20,24). The van der Waals surface area contributed by atoms with Crippen LogP contribution in [0.15, 0.2) is 58.2 Å². The zero-order valence-electron chi connectivity index (χ0n) is 14.5. The van der Waals surface area contributed by atoms with Crippen molar-refractivity contribution in [3.8, 4) is 11.5 Å². The van der Waals surface area contributed by atoms with Gasteiger partial charge in [-0.15, -0.1) is 10.2 Å². The third kappa shape index (κ3) is 5.13. The second-order valence-corrected chi connectivity index (χ2v) is 6.59. The molecule has 1 N–H and O–H groups in total. The van der Waals surface area contributed by atoms with E-state index in [1.807, 2.05) is 0 Å². The molecule has 0 aliphatic heterocycles. The summed E-state index contributed by atoms with van der Waals surface area (Å²) < 4.78 is 18.9. The van der Waals surface area contributed by atoms with Crippen LogP contribution in [0.1, 0.15) is 5.56 Å². The van der Waals surface area contributed by atoms with Crippen molar-refractivity contribution in [1.82, 2.24) is 15.5 Å². The number of carbonyl (C=O) groups is 1. The van der Waals surface area contributed by atoms with E-state index in [4.69, 9.17) is 4.42 Å². The Hall–Kier alpha value is -3.27. The lowest BCUT2D eigenvalue weighted by molar-refractivity contribution is -0.384. The summed E-state index contributed by atoms with van der Waals surface area (Å²) in [6, 6.07) is 12.2. The zero-order chi connectivity index (χ0) is 19.9. The van der Waals surface area contributed by atoms with Crippen LogP contribution < -0.4 is 5.32 Å². The number of amides is 1. The van der Waals surface area contributed by atoms with Crippen LogP contribution in [0.3, 0.4) is 0 Å². The van der Waals surface area contributed by atoms with Crippen LogP contribution in [0.4, 0.5) is 10.1 Å². The predicted octanol–water partition coefficient (Wildman–Crippen LogP) is 3.23. The lowest BCUT2D eigenvalue weighted by Crippen LogP contribution is -2.27. The highest BCUT2D eigenvalue weighted by molar-refractivity contribution is 7.99. The molecule has 0 fully saturated rings. The van der Waals surface area contributed by atoms with E-state index in [1.54, 1.807) is 24.3 Å². The molecule has 28 heavy (non-hydrogen) atoms. The van der Waals surface area contributed by atoms with Gasteiger partial charge in [0.25, 0.3) is 10.9 Å². The maximum absolute atomic E-state index is 13.5. The fourth-order valence-electron chi connectivity index (χ4n) is 2.35. The summed E-state index contributed by atoms with van der Waals surface area (Å²) >= 11 is 1.04. The first kappa shape index (κ1) is 19.5. The van der Waals surface area contributed by atoms with Gasteiger partial charge in [-0.05, 0) is 24.1 Å². The predicted molar refractivity (Wildman–Crippen MR) is 100 cm³/mol. The zero-order valence-corrected chi connectivity index (χ0v) is 15.3. The van der Waals surface area contributed by atoms with Gasteiger partial charge in [-0.1, -0.05) is 36.0 Å². The largest absolute Gasteiger partial charge is 0.411 e. The number of halogens is 1. The van der Waals surface area contributed by atoms with Gasteiger partial charge in [-0.25, -0.2) is 4.39 Å². The van der Waals surface area contributed by atoms with E-state index in [9.17, 15) is 19.3 Å². The molecule has 3 rings (SSSR count). The van der Waals surface area contributed by atoms with Crippen LogP contribution >= 0.6 is 11.8 Å². The Kier molecular flexibility index (Phi) is 6.33. The number of rotatable bonds is 8. The average Bonchev–Trinajstić information content (AvgIpc) is 3.17. The molecule has 0 radical (unpaired) electrons. The first-order valence-electron chi connectivity index (χ1n) is 8.24. The minimum atomic E-state index is -0.513. The van der Waals surface area contributed by atoms with Crippen LogP contribution in [-0.4, -0.2) is 33.3 Å². The van der Waals surface area contributed by atoms with E-state index in [-0.39, 0.29) is 34.3 Å². The Morgan fingerprint density at radius 1 is 1.21 bits per heavy atom. The lowest BCUT2D eigenvalue weighted by Gasteiger charge is -2.05. The van der Waals surface area contributed by atoms with Gasteiger partial charge in [0.05, 0.1) is 10.7 Å². The molecule has 1 aromatic heterocycles. The van der Waals surface area contributed by atoms with Gasteiger partial charge in [0, 0.05) is 24.2 Å². The number of benzene rings is 2. The van der Waals surface area contributed by atoms with E-state index in [2.05, 4.69) is 15.5 Å². The number of non-ortho nitro benzene ring substituents is 1. The number of aromatic nitrogens is 2. The molecular formula is C18H15FN4O4S. The number of nitro groups is 1. The first-order chi connectivity index (χ1) is 13.5. The van der Waals surface area contributed by atoms with Crippen molar-refractivity contribution < 1.29 is 18.5 Å². The fourth-order valence-corrected chi connectivity index (χ4v) is 2.95. The molecule has 8 nitrogen and oxygen atoms in total. The van der Waals surface area contributed by atoms with E-state index < -0.39 is 4.92 Å². The molecule has 0 spiro atoms. The highest BCUT2D eigenvalue weighted by Crippen LogP contribution is 2.25. The Morgan fingerprint density at radius 2 is 2.04 bits per heavy atom. The molecule has 1 heterocycles. The number of hydrogen-bond donors (Lipinski definition) is 1. The Morgan fingerprint density at radius 3 is 2.82 bits per heavy atom. The second kappa shape index (κ2) is 9.09. The van der Waals surface area contributed by atoms with E-state index >= 15 is 0 Å². The lowest BCUT2D eigenvalue weighted by atomic mass is 10.1. The normalized spacial score (nSPS) is 10.6. The van der Waals surface area contributed by atoms with Gasteiger partial charge in [0.15, 0.2) is 0 Å². The average molecular weight is 402 g/mol. The number of nitrogens with one attached hydrogen (secondary N) is 1. The minimum Gasteiger partial charge on any atom is -0.411 e. The van der Waals surface area contributed by atoms with Crippen LogP contribution in [0, 0.1) is 15.9 Å². The summed E-state index contributed by atoms with van der Waals surface area (Å²) in [4.78, 5) is 22.2. The Bertz CT molecular complexity index is 995. The van der Waals surface area contributed by atoms with Crippen LogP contribution in [-0.2, 0) is 11.2 Å². The molecule has 1 amide bonds. The number of carbonyl (C=O) groups excluding carboxylic acids is 1. The second-order valence-electron chi connectivity index (χ2n) is 5.66. The highest BCUT2D eigenvalue weighted by atomic mass is 32.2. The maximum Gasteiger partial charge on any atom is 0.277 e. The summed E-state index contributed by atoms with van der Waals surface area (Å²) in [5, 5.41) is 21.4. The summed E-state index contributed by atoms with van der Waals surface area (Å²) in [5.74, 6) is -0.373. The van der Waals surface area contributed by atoms with Crippen molar-refractivity contribution >= 4 is 23.4 Å². The van der Waals surface area contributed by atoms with Crippen molar-refractivity contribution in [3.05, 3.63) is 70.0 Å². The van der Waals surface area contributed by atoms with Crippen molar-refractivity contribution in [2.45, 2.75) is 11.6 Å². The molecule has 144 valence electrons. The van der Waals surface area contributed by atoms with Gasteiger partial charge in [0.2, 0.25) is 11.8 Å². The molecule has 0 saturated carbocycles. The SMILES string of the molecule is O=C(CSc1nnc(-c2cccc([N+](=O)[O-])c2)o1)NCCc1ccccc1F. The van der Waals surface area contributed by atoms with Gasteiger partial charge < -0.3 is 9.73 Å². The molecule has 0 atom stereocenters. The molecule has 0 aliphatic carbocycles. The van der Waals surface area contributed by atoms with Crippen molar-refractivity contribution in [2.75, 3.05) is 12.3 Å². The van der Waals surface area contributed by atoms with Crippen LogP contribution in [0.5, 0.6) is 0 Å². The number of nitro benzene ring substituents is 1. The molecule has 0 saturated heterocycles. The summed E-state index contributed by atoms with van der Waals surface area (Å²) in [5.41, 5.74) is 0.871. The quantitative estimate of drug-likeness (QED) is 0.350. The van der Waals surface area contributed by atoms with E-state index in [1.165, 1.54) is 24.3 Å². The molecule has 10 heteroatoms.